The molecule has 2 aliphatic carbocycles. The van der Waals surface area contributed by atoms with Crippen molar-refractivity contribution in [1.29, 1.82) is 0 Å². The second kappa shape index (κ2) is 6.04. The summed E-state index contributed by atoms with van der Waals surface area (Å²) in [6.07, 6.45) is 6.13. The van der Waals surface area contributed by atoms with Crippen molar-refractivity contribution >= 4 is 11.8 Å². The fourth-order valence-electron chi connectivity index (χ4n) is 4.78. The average molecular weight is 319 g/mol. The van der Waals surface area contributed by atoms with Gasteiger partial charge in [-0.25, -0.2) is 0 Å². The Labute approximate surface area is 139 Å². The summed E-state index contributed by atoms with van der Waals surface area (Å²) in [6, 6.07) is 0. The van der Waals surface area contributed by atoms with Gasteiger partial charge < -0.3 is 4.90 Å². The Balaban J connectivity index is 1.75. The number of quaternary nitrogens is 1. The summed E-state index contributed by atoms with van der Waals surface area (Å²) in [7, 11) is 4.21. The van der Waals surface area contributed by atoms with Crippen molar-refractivity contribution in [3.8, 4) is 0 Å². The second-order valence-corrected chi connectivity index (χ2v) is 8.58. The van der Waals surface area contributed by atoms with Crippen molar-refractivity contribution in [3.05, 3.63) is 11.1 Å². The zero-order valence-electron chi connectivity index (χ0n) is 15.1. The quantitative estimate of drug-likeness (QED) is 0.629. The summed E-state index contributed by atoms with van der Waals surface area (Å²) in [6.45, 7) is 6.21. The lowest BCUT2D eigenvalue weighted by Crippen LogP contribution is -3.05. The van der Waals surface area contributed by atoms with Crippen LogP contribution in [-0.2, 0) is 9.59 Å². The molecule has 1 saturated heterocycles. The highest BCUT2D eigenvalue weighted by atomic mass is 16.2. The first-order chi connectivity index (χ1) is 10.8. The summed E-state index contributed by atoms with van der Waals surface area (Å²) < 4.78 is 0. The molecule has 2 amide bonds. The minimum Gasteiger partial charge on any atom is -0.340 e. The summed E-state index contributed by atoms with van der Waals surface area (Å²) in [5.41, 5.74) is 3.19. The number of carbonyl (C=O) groups excluding carboxylic acids is 2. The van der Waals surface area contributed by atoms with E-state index in [4.69, 9.17) is 0 Å². The first-order valence-electron chi connectivity index (χ1n) is 9.17. The number of rotatable bonds is 4. The van der Waals surface area contributed by atoms with E-state index in [1.165, 1.54) is 28.9 Å². The third-order valence-corrected chi connectivity index (χ3v) is 6.13. The first-order valence-corrected chi connectivity index (χ1v) is 9.17. The molecule has 0 aromatic rings. The Hall–Kier alpha value is -1.16. The molecule has 4 heteroatoms. The van der Waals surface area contributed by atoms with Crippen molar-refractivity contribution in [2.75, 3.05) is 27.2 Å². The Morgan fingerprint density at radius 3 is 2.43 bits per heavy atom. The maximum atomic E-state index is 12.8. The summed E-state index contributed by atoms with van der Waals surface area (Å²) in [5.74, 6) is 0.0533. The summed E-state index contributed by atoms with van der Waals surface area (Å²) in [5, 5.41) is 0. The van der Waals surface area contributed by atoms with Gasteiger partial charge in [-0.15, -0.1) is 0 Å². The van der Waals surface area contributed by atoms with Gasteiger partial charge in [0.15, 0.2) is 0 Å². The van der Waals surface area contributed by atoms with Crippen LogP contribution in [0.15, 0.2) is 11.1 Å². The molecular weight excluding hydrogens is 288 g/mol. The molecule has 0 saturated carbocycles. The van der Waals surface area contributed by atoms with Crippen molar-refractivity contribution in [3.63, 3.8) is 0 Å². The Morgan fingerprint density at radius 1 is 1.13 bits per heavy atom. The van der Waals surface area contributed by atoms with Crippen LogP contribution in [0.25, 0.3) is 0 Å². The highest BCUT2D eigenvalue weighted by Gasteiger charge is 2.51. The van der Waals surface area contributed by atoms with Gasteiger partial charge in [0.1, 0.15) is 0 Å². The van der Waals surface area contributed by atoms with E-state index in [9.17, 15) is 9.59 Å². The molecule has 2 atom stereocenters. The molecule has 0 aromatic carbocycles. The molecule has 0 unspecified atom stereocenters. The molecule has 1 heterocycles. The Morgan fingerprint density at radius 2 is 1.78 bits per heavy atom. The van der Waals surface area contributed by atoms with Crippen LogP contribution in [0.4, 0.5) is 0 Å². The van der Waals surface area contributed by atoms with E-state index in [-0.39, 0.29) is 29.1 Å². The number of carbonyl (C=O) groups is 2. The van der Waals surface area contributed by atoms with Crippen LogP contribution < -0.4 is 4.90 Å². The van der Waals surface area contributed by atoms with Crippen molar-refractivity contribution in [1.82, 2.24) is 4.90 Å². The molecule has 1 N–H and O–H groups in total. The molecule has 0 aromatic heterocycles. The van der Waals surface area contributed by atoms with Gasteiger partial charge in [-0.3, -0.25) is 14.5 Å². The van der Waals surface area contributed by atoms with Crippen molar-refractivity contribution < 1.29 is 14.5 Å². The smallest absolute Gasteiger partial charge is 0.233 e. The lowest BCUT2D eigenvalue weighted by Gasteiger charge is -2.40. The van der Waals surface area contributed by atoms with Crippen LogP contribution in [-0.4, -0.2) is 43.9 Å². The lowest BCUT2D eigenvalue weighted by atomic mass is 9.63. The van der Waals surface area contributed by atoms with E-state index in [0.717, 1.165) is 32.2 Å². The van der Waals surface area contributed by atoms with Gasteiger partial charge in [-0.2, -0.15) is 0 Å². The third kappa shape index (κ3) is 2.98. The molecule has 4 nitrogen and oxygen atoms in total. The largest absolute Gasteiger partial charge is 0.340 e. The van der Waals surface area contributed by atoms with Crippen LogP contribution in [0.5, 0.6) is 0 Å². The van der Waals surface area contributed by atoms with E-state index in [1.54, 1.807) is 4.90 Å². The number of likely N-dealkylation sites (tertiary alicyclic amines) is 1. The predicted octanol–water partition coefficient (Wildman–Crippen LogP) is 1.42. The normalized spacial score (nSPS) is 30.0. The van der Waals surface area contributed by atoms with Gasteiger partial charge in [0.2, 0.25) is 11.8 Å². The number of allylic oxidation sites excluding steroid dienone is 2. The molecule has 0 radical (unpaired) electrons. The first kappa shape index (κ1) is 16.7. The number of nitrogens with zero attached hydrogens (tertiary/aromatic N) is 1. The predicted molar refractivity (Wildman–Crippen MR) is 89.9 cm³/mol. The van der Waals surface area contributed by atoms with Gasteiger partial charge in [0.25, 0.3) is 0 Å². The van der Waals surface area contributed by atoms with Gasteiger partial charge in [-0.1, -0.05) is 25.0 Å². The molecule has 23 heavy (non-hydrogen) atoms. The number of imide groups is 1. The van der Waals surface area contributed by atoms with Gasteiger partial charge in [0, 0.05) is 13.0 Å². The molecule has 0 bridgehead atoms. The number of nitrogens with one attached hydrogen (secondary N) is 1. The highest BCUT2D eigenvalue weighted by Crippen LogP contribution is 2.51. The SMILES string of the molecule is C[NH+](C)CCCN1C(=O)[C@@H]2CC3=C(C[C@H]2C1=O)C(C)(C)CCC3. The van der Waals surface area contributed by atoms with Crippen molar-refractivity contribution in [2.45, 2.75) is 52.4 Å². The van der Waals surface area contributed by atoms with Crippen LogP contribution in [0, 0.1) is 17.3 Å². The third-order valence-electron chi connectivity index (χ3n) is 6.13. The van der Waals surface area contributed by atoms with Crippen LogP contribution >= 0.6 is 0 Å². The summed E-state index contributed by atoms with van der Waals surface area (Å²) >= 11 is 0. The minimum atomic E-state index is -0.0784. The summed E-state index contributed by atoms with van der Waals surface area (Å²) in [4.78, 5) is 28.5. The van der Waals surface area contributed by atoms with E-state index >= 15 is 0 Å². The van der Waals surface area contributed by atoms with Crippen molar-refractivity contribution in [2.24, 2.45) is 17.3 Å². The Bertz CT molecular complexity index is 548. The van der Waals surface area contributed by atoms with Gasteiger partial charge >= 0.3 is 0 Å². The number of hydrogen-bond acceptors (Lipinski definition) is 2. The number of fused-ring (bicyclic) bond motifs is 1. The average Bonchev–Trinajstić information content (AvgIpc) is 2.70. The molecule has 128 valence electrons. The lowest BCUT2D eigenvalue weighted by molar-refractivity contribution is -0.858. The second-order valence-electron chi connectivity index (χ2n) is 8.58. The van der Waals surface area contributed by atoms with E-state index in [0.29, 0.717) is 6.54 Å². The topological polar surface area (TPSA) is 41.8 Å². The molecular formula is C19H31N2O2+. The molecule has 1 fully saturated rings. The van der Waals surface area contributed by atoms with Crippen LogP contribution in [0.3, 0.4) is 0 Å². The fraction of sp³-hybridized carbons (Fsp3) is 0.789. The number of hydrogen-bond donors (Lipinski definition) is 1. The molecule has 0 spiro atoms. The molecule has 3 rings (SSSR count). The highest BCUT2D eigenvalue weighted by molar-refractivity contribution is 6.05. The number of amides is 2. The monoisotopic (exact) mass is 319 g/mol. The zero-order chi connectivity index (χ0) is 16.8. The maximum Gasteiger partial charge on any atom is 0.233 e. The zero-order valence-corrected chi connectivity index (χ0v) is 15.1. The van der Waals surface area contributed by atoms with E-state index < -0.39 is 0 Å². The van der Waals surface area contributed by atoms with Gasteiger partial charge in [0.05, 0.1) is 32.5 Å². The van der Waals surface area contributed by atoms with Gasteiger partial charge in [-0.05, 0) is 37.5 Å². The Kier molecular flexibility index (Phi) is 4.39. The fourth-order valence-corrected chi connectivity index (χ4v) is 4.78. The minimum absolute atomic E-state index is 0.0677. The molecule has 3 aliphatic rings. The van der Waals surface area contributed by atoms with Crippen LogP contribution in [0.1, 0.15) is 52.4 Å². The standard InChI is InChI=1S/C19H30N2O2/c1-19(2)8-5-7-13-11-14-15(12-16(13)19)18(23)21(17(14)22)10-6-9-20(3)4/h14-15H,5-12H2,1-4H3/p+1/t14-,15-/m1/s1. The van der Waals surface area contributed by atoms with Crippen LogP contribution in [0.2, 0.25) is 0 Å². The maximum absolute atomic E-state index is 12.8. The molecule has 1 aliphatic heterocycles. The van der Waals surface area contributed by atoms with E-state index in [2.05, 4.69) is 27.9 Å². The van der Waals surface area contributed by atoms with E-state index in [1.807, 2.05) is 0 Å².